The second-order valence-electron chi connectivity index (χ2n) is 12.9. The molecule has 4 aromatic rings. The monoisotopic (exact) mass is 695 g/mol. The second-order valence-corrected chi connectivity index (χ2v) is 13.3. The number of nitrogens with zero attached hydrogens (tertiary/aromatic N) is 6. The van der Waals surface area contributed by atoms with Crippen LogP contribution in [0.15, 0.2) is 47.4 Å². The lowest BCUT2D eigenvalue weighted by molar-refractivity contribution is -0.137. The summed E-state index contributed by atoms with van der Waals surface area (Å²) in [4.78, 5) is 51.7. The van der Waals surface area contributed by atoms with Gasteiger partial charge in [-0.1, -0.05) is 17.7 Å². The fraction of sp³-hybridized carbons (Fsp3) is 0.394. The van der Waals surface area contributed by atoms with Crippen LogP contribution >= 0.6 is 11.6 Å². The van der Waals surface area contributed by atoms with Crippen molar-refractivity contribution in [3.8, 4) is 5.75 Å². The van der Waals surface area contributed by atoms with E-state index in [9.17, 15) is 32.7 Å². The molecule has 2 aliphatic carbocycles. The first-order valence-corrected chi connectivity index (χ1v) is 16.2. The molecule has 1 aromatic carbocycles. The van der Waals surface area contributed by atoms with Crippen molar-refractivity contribution in [2.45, 2.75) is 49.7 Å². The molecule has 49 heavy (non-hydrogen) atoms. The molecule has 254 valence electrons. The Hall–Kier alpha value is -4.76. The maximum atomic E-state index is 14.4. The van der Waals surface area contributed by atoms with E-state index in [0.717, 1.165) is 30.2 Å². The smallest absolute Gasteiger partial charge is 0.416 e. The van der Waals surface area contributed by atoms with E-state index in [-0.39, 0.29) is 51.9 Å². The fourth-order valence-electron chi connectivity index (χ4n) is 7.81. The van der Waals surface area contributed by atoms with E-state index >= 15 is 0 Å². The molecule has 8 rings (SSSR count). The molecule has 2 N–H and O–H groups in total. The standard InChI is InChI=1S/C33H29ClF3N7O5/c34-21-14-18(33(35,36)37)3-4-22(21)39-24(46)16-43-27-19-15-20(19)32(7-10-42(11-8-32)30(48)26-23(45)2-1-9-38-26)25(27)29(47)44-31(43)40-28(41-44)17-5-12-49-13-6-17/h1-5,9,14,19-20,45H,6-8,10-13,15-16H2,(H,39,46)/t19-,20+/m0/s1. The van der Waals surface area contributed by atoms with Crippen LogP contribution in [0.4, 0.5) is 18.9 Å². The zero-order valence-electron chi connectivity index (χ0n) is 25.8. The van der Waals surface area contributed by atoms with Gasteiger partial charge in [0.25, 0.3) is 11.5 Å². The van der Waals surface area contributed by atoms with E-state index in [2.05, 4.69) is 15.4 Å². The Labute approximate surface area is 281 Å². The third-order valence-corrected chi connectivity index (χ3v) is 10.5. The number of nitrogens with one attached hydrogen (secondary N) is 1. The van der Waals surface area contributed by atoms with Gasteiger partial charge in [-0.3, -0.25) is 14.4 Å². The van der Waals surface area contributed by atoms with Crippen LogP contribution in [-0.4, -0.2) is 72.3 Å². The lowest BCUT2D eigenvalue weighted by Gasteiger charge is -2.41. The van der Waals surface area contributed by atoms with Crippen LogP contribution in [0.2, 0.25) is 5.02 Å². The molecule has 5 heterocycles. The molecule has 2 fully saturated rings. The Morgan fingerprint density at radius 2 is 1.98 bits per heavy atom. The minimum Gasteiger partial charge on any atom is -0.505 e. The summed E-state index contributed by atoms with van der Waals surface area (Å²) in [6.45, 7) is 1.21. The van der Waals surface area contributed by atoms with Crippen molar-refractivity contribution in [2.24, 2.45) is 5.92 Å². The van der Waals surface area contributed by atoms with E-state index in [1.165, 1.54) is 22.8 Å². The normalized spacial score (nSPS) is 21.0. The molecule has 3 aromatic heterocycles. The average molecular weight is 696 g/mol. The summed E-state index contributed by atoms with van der Waals surface area (Å²) in [6.07, 6.45) is 0.996. The summed E-state index contributed by atoms with van der Waals surface area (Å²) < 4.78 is 48.0. The Morgan fingerprint density at radius 1 is 1.18 bits per heavy atom. The van der Waals surface area contributed by atoms with Crippen molar-refractivity contribution in [3.63, 3.8) is 0 Å². The molecule has 2 amide bonds. The van der Waals surface area contributed by atoms with E-state index in [0.29, 0.717) is 62.6 Å². The lowest BCUT2D eigenvalue weighted by Crippen LogP contribution is -2.48. The number of aromatic hydroxyl groups is 1. The quantitative estimate of drug-likeness (QED) is 0.313. The predicted octanol–water partition coefficient (Wildman–Crippen LogP) is 4.40. The molecular weight excluding hydrogens is 667 g/mol. The van der Waals surface area contributed by atoms with Crippen molar-refractivity contribution in [1.29, 1.82) is 0 Å². The third-order valence-electron chi connectivity index (χ3n) is 10.2. The Balaban J connectivity index is 1.17. The molecule has 0 bridgehead atoms. The van der Waals surface area contributed by atoms with E-state index in [1.807, 2.05) is 6.08 Å². The molecule has 12 nitrogen and oxygen atoms in total. The number of fused-ring (bicyclic) bond motifs is 6. The largest absolute Gasteiger partial charge is 0.505 e. The van der Waals surface area contributed by atoms with Gasteiger partial charge in [0.2, 0.25) is 11.7 Å². The molecule has 0 unspecified atom stereocenters. The summed E-state index contributed by atoms with van der Waals surface area (Å²) >= 11 is 6.14. The highest BCUT2D eigenvalue weighted by Crippen LogP contribution is 2.67. The van der Waals surface area contributed by atoms with Crippen molar-refractivity contribution in [2.75, 3.05) is 31.6 Å². The van der Waals surface area contributed by atoms with Crippen LogP contribution in [0, 0.1) is 5.92 Å². The number of likely N-dealkylation sites (tertiary alicyclic amines) is 1. The number of ether oxygens (including phenoxy) is 1. The van der Waals surface area contributed by atoms with Gasteiger partial charge in [0, 0.05) is 41.9 Å². The first-order chi connectivity index (χ1) is 23.5. The highest BCUT2D eigenvalue weighted by molar-refractivity contribution is 6.33. The Kier molecular flexibility index (Phi) is 7.33. The van der Waals surface area contributed by atoms with Crippen molar-refractivity contribution in [3.05, 3.63) is 86.3 Å². The number of pyridine rings is 1. The highest BCUT2D eigenvalue weighted by atomic mass is 35.5. The second kappa shape index (κ2) is 11.4. The Morgan fingerprint density at radius 3 is 2.67 bits per heavy atom. The van der Waals surface area contributed by atoms with Crippen molar-refractivity contribution < 1.29 is 32.6 Å². The van der Waals surface area contributed by atoms with Gasteiger partial charge in [0.15, 0.2) is 11.5 Å². The minimum atomic E-state index is -4.60. The van der Waals surface area contributed by atoms with E-state index in [4.69, 9.17) is 21.3 Å². The van der Waals surface area contributed by atoms with Gasteiger partial charge in [0.1, 0.15) is 12.3 Å². The van der Waals surface area contributed by atoms with Gasteiger partial charge in [-0.25, -0.2) is 4.98 Å². The number of hydrogen-bond donors (Lipinski definition) is 2. The summed E-state index contributed by atoms with van der Waals surface area (Å²) in [7, 11) is 0. The minimum absolute atomic E-state index is 0.0136. The first kappa shape index (κ1) is 31.5. The SMILES string of the molecule is O=C(Cn1c2c(c(=O)n3nc(C4=CCOCC4)nc13)C1(CCN(C(=O)c3ncccc3O)CC1)[C@@H]1C[C@H]21)Nc1ccc(C(F)(F)F)cc1Cl. The number of hydrogen-bond acceptors (Lipinski definition) is 8. The number of aromatic nitrogens is 5. The molecule has 16 heteroatoms. The number of benzene rings is 1. The molecule has 2 aliphatic heterocycles. The summed E-state index contributed by atoms with van der Waals surface area (Å²) in [5.41, 5.74) is 0.190. The summed E-state index contributed by atoms with van der Waals surface area (Å²) in [5.74, 6) is -0.557. The first-order valence-electron chi connectivity index (χ1n) is 15.9. The number of halogens is 4. The maximum absolute atomic E-state index is 14.4. The third kappa shape index (κ3) is 5.17. The fourth-order valence-corrected chi connectivity index (χ4v) is 8.04. The van der Waals surface area contributed by atoms with Crippen LogP contribution in [0.1, 0.15) is 64.7 Å². The van der Waals surface area contributed by atoms with Gasteiger partial charge in [-0.2, -0.15) is 22.7 Å². The predicted molar refractivity (Wildman–Crippen MR) is 169 cm³/mol. The lowest BCUT2D eigenvalue weighted by atomic mass is 9.71. The zero-order valence-corrected chi connectivity index (χ0v) is 26.6. The maximum Gasteiger partial charge on any atom is 0.416 e. The molecule has 2 atom stereocenters. The number of anilines is 1. The van der Waals surface area contributed by atoms with Crippen LogP contribution in [0.5, 0.6) is 5.75 Å². The van der Waals surface area contributed by atoms with Crippen molar-refractivity contribution in [1.82, 2.24) is 29.0 Å². The molecule has 4 aliphatic rings. The number of amides is 2. The highest BCUT2D eigenvalue weighted by Gasteiger charge is 2.64. The topological polar surface area (TPSA) is 144 Å². The van der Waals surface area contributed by atoms with Gasteiger partial charge in [0.05, 0.1) is 29.5 Å². The summed E-state index contributed by atoms with van der Waals surface area (Å²) in [6, 6.07) is 5.65. The number of rotatable bonds is 5. The van der Waals surface area contributed by atoms with E-state index < -0.39 is 29.0 Å². The van der Waals surface area contributed by atoms with Crippen LogP contribution in [-0.2, 0) is 27.7 Å². The number of carbonyl (C=O) groups excluding carboxylic acids is 2. The van der Waals surface area contributed by atoms with Gasteiger partial charge in [-0.15, -0.1) is 5.10 Å². The van der Waals surface area contributed by atoms with Crippen LogP contribution in [0.3, 0.4) is 0 Å². The summed E-state index contributed by atoms with van der Waals surface area (Å²) in [5, 5.41) is 17.2. The van der Waals surface area contributed by atoms with Crippen LogP contribution < -0.4 is 10.9 Å². The molecule has 1 saturated carbocycles. The van der Waals surface area contributed by atoms with Gasteiger partial charge in [-0.05, 0) is 67.5 Å². The number of carbonyl (C=O) groups is 2. The average Bonchev–Trinajstić information content (AvgIpc) is 3.68. The molecule has 1 saturated heterocycles. The van der Waals surface area contributed by atoms with Crippen molar-refractivity contribution >= 4 is 40.5 Å². The Bertz CT molecular complexity index is 2140. The molecule has 0 radical (unpaired) electrons. The molecular formula is C33H29ClF3N7O5. The van der Waals surface area contributed by atoms with Gasteiger partial charge < -0.3 is 24.6 Å². The number of alkyl halides is 3. The van der Waals surface area contributed by atoms with E-state index in [1.54, 1.807) is 9.47 Å². The zero-order chi connectivity index (χ0) is 34.2. The van der Waals surface area contributed by atoms with Gasteiger partial charge >= 0.3 is 6.18 Å². The number of piperidine rings is 1. The van der Waals surface area contributed by atoms with Crippen LogP contribution in [0.25, 0.3) is 11.4 Å². The molecule has 1 spiro atoms.